The summed E-state index contributed by atoms with van der Waals surface area (Å²) in [6.45, 7) is 1.33. The second-order valence-electron chi connectivity index (χ2n) is 6.88. The lowest BCUT2D eigenvalue weighted by Crippen LogP contribution is -2.53. The summed E-state index contributed by atoms with van der Waals surface area (Å²) in [5.41, 5.74) is 0. The SMILES string of the molecule is O=C1CC[C@H]2[C@H](CCN2S(=O)(=O)c2ccccc2)N1CC1CC1. The molecule has 124 valence electrons. The highest BCUT2D eigenvalue weighted by Gasteiger charge is 2.48. The number of nitrogens with zero attached hydrogens (tertiary/aromatic N) is 2. The van der Waals surface area contributed by atoms with Crippen LogP contribution >= 0.6 is 0 Å². The van der Waals surface area contributed by atoms with Crippen LogP contribution < -0.4 is 0 Å². The van der Waals surface area contributed by atoms with Crippen molar-refractivity contribution in [3.63, 3.8) is 0 Å². The molecule has 0 unspecified atom stereocenters. The van der Waals surface area contributed by atoms with Crippen LogP contribution in [0.4, 0.5) is 0 Å². The molecule has 0 radical (unpaired) electrons. The van der Waals surface area contributed by atoms with E-state index in [9.17, 15) is 13.2 Å². The van der Waals surface area contributed by atoms with E-state index in [0.717, 1.165) is 13.0 Å². The fraction of sp³-hybridized carbons (Fsp3) is 0.588. The van der Waals surface area contributed by atoms with Crippen molar-refractivity contribution in [1.29, 1.82) is 0 Å². The van der Waals surface area contributed by atoms with Crippen molar-refractivity contribution in [3.05, 3.63) is 30.3 Å². The summed E-state index contributed by atoms with van der Waals surface area (Å²) in [5.74, 6) is 0.842. The summed E-state index contributed by atoms with van der Waals surface area (Å²) in [6.07, 6.45) is 4.28. The number of carbonyl (C=O) groups excluding carboxylic acids is 1. The molecule has 1 aliphatic carbocycles. The van der Waals surface area contributed by atoms with Crippen LogP contribution in [0.15, 0.2) is 35.2 Å². The summed E-state index contributed by atoms with van der Waals surface area (Å²) >= 11 is 0. The van der Waals surface area contributed by atoms with Crippen LogP contribution in [0, 0.1) is 5.92 Å². The zero-order chi connectivity index (χ0) is 16.0. The number of amides is 1. The Morgan fingerprint density at radius 3 is 2.43 bits per heavy atom. The Hall–Kier alpha value is -1.40. The normalized spacial score (nSPS) is 28.9. The molecule has 3 fully saturated rings. The van der Waals surface area contributed by atoms with Gasteiger partial charge >= 0.3 is 0 Å². The number of fused-ring (bicyclic) bond motifs is 1. The smallest absolute Gasteiger partial charge is 0.243 e. The summed E-state index contributed by atoms with van der Waals surface area (Å²) in [6, 6.07) is 8.64. The predicted octanol–water partition coefficient (Wildman–Crippen LogP) is 1.85. The van der Waals surface area contributed by atoms with Gasteiger partial charge in [0.2, 0.25) is 15.9 Å². The summed E-state index contributed by atoms with van der Waals surface area (Å²) < 4.78 is 27.5. The van der Waals surface area contributed by atoms with Gasteiger partial charge in [0.1, 0.15) is 0 Å². The monoisotopic (exact) mass is 334 g/mol. The molecule has 4 rings (SSSR count). The minimum absolute atomic E-state index is 0.0587. The molecule has 1 amide bonds. The first kappa shape index (κ1) is 15.1. The van der Waals surface area contributed by atoms with Crippen LogP contribution in [-0.2, 0) is 14.8 Å². The van der Waals surface area contributed by atoms with E-state index in [1.165, 1.54) is 12.8 Å². The maximum Gasteiger partial charge on any atom is 0.243 e. The van der Waals surface area contributed by atoms with E-state index in [1.807, 2.05) is 11.0 Å². The van der Waals surface area contributed by atoms with Crippen LogP contribution in [0.5, 0.6) is 0 Å². The Bertz CT molecular complexity index is 700. The van der Waals surface area contributed by atoms with Crippen molar-refractivity contribution in [2.24, 2.45) is 5.92 Å². The summed E-state index contributed by atoms with van der Waals surface area (Å²) in [7, 11) is -3.47. The maximum atomic E-state index is 12.9. The Morgan fingerprint density at radius 2 is 1.74 bits per heavy atom. The Morgan fingerprint density at radius 1 is 1.00 bits per heavy atom. The molecule has 2 saturated heterocycles. The summed E-state index contributed by atoms with van der Waals surface area (Å²) in [5, 5.41) is 0. The zero-order valence-electron chi connectivity index (χ0n) is 13.1. The maximum absolute atomic E-state index is 12.9. The number of hydrogen-bond acceptors (Lipinski definition) is 3. The van der Waals surface area contributed by atoms with Crippen LogP contribution in [0.3, 0.4) is 0 Å². The Balaban J connectivity index is 1.59. The minimum atomic E-state index is -3.47. The highest BCUT2D eigenvalue weighted by Crippen LogP contribution is 2.38. The van der Waals surface area contributed by atoms with Gasteiger partial charge in [0, 0.05) is 31.6 Å². The first-order valence-electron chi connectivity index (χ1n) is 8.44. The predicted molar refractivity (Wildman–Crippen MR) is 86.2 cm³/mol. The number of carbonyl (C=O) groups is 1. The third-order valence-corrected chi connectivity index (χ3v) is 7.27. The van der Waals surface area contributed by atoms with E-state index in [4.69, 9.17) is 0 Å². The molecule has 2 atom stereocenters. The largest absolute Gasteiger partial charge is 0.338 e. The molecule has 0 bridgehead atoms. The number of benzene rings is 1. The number of rotatable bonds is 4. The van der Waals surface area contributed by atoms with Gasteiger partial charge in [-0.2, -0.15) is 4.31 Å². The number of sulfonamides is 1. The van der Waals surface area contributed by atoms with Gasteiger partial charge in [0.15, 0.2) is 0 Å². The van der Waals surface area contributed by atoms with E-state index in [1.54, 1.807) is 28.6 Å². The molecule has 2 heterocycles. The minimum Gasteiger partial charge on any atom is -0.338 e. The first-order chi connectivity index (χ1) is 11.1. The van der Waals surface area contributed by atoms with Crippen LogP contribution in [0.2, 0.25) is 0 Å². The van der Waals surface area contributed by atoms with Gasteiger partial charge in [-0.1, -0.05) is 18.2 Å². The molecule has 0 aromatic heterocycles. The lowest BCUT2D eigenvalue weighted by Gasteiger charge is -2.39. The standard InChI is InChI=1S/C17H22N2O3S/c20-17-9-8-16-15(18(17)12-13-6-7-13)10-11-19(16)23(21,22)14-4-2-1-3-5-14/h1-5,13,15-16H,6-12H2/t15-,16-/m0/s1. The van der Waals surface area contributed by atoms with Gasteiger partial charge in [0.25, 0.3) is 0 Å². The number of hydrogen-bond donors (Lipinski definition) is 0. The van der Waals surface area contributed by atoms with Gasteiger partial charge < -0.3 is 4.90 Å². The molecular formula is C17H22N2O3S. The average Bonchev–Trinajstić information content (AvgIpc) is 3.26. The van der Waals surface area contributed by atoms with Crippen LogP contribution in [-0.4, -0.2) is 48.7 Å². The highest BCUT2D eigenvalue weighted by atomic mass is 32.2. The molecule has 1 aromatic rings. The number of likely N-dealkylation sites (tertiary alicyclic amines) is 1. The first-order valence-corrected chi connectivity index (χ1v) is 9.88. The quantitative estimate of drug-likeness (QED) is 0.844. The van der Waals surface area contributed by atoms with Crippen LogP contribution in [0.1, 0.15) is 32.1 Å². The fourth-order valence-electron chi connectivity index (χ4n) is 3.95. The van der Waals surface area contributed by atoms with Crippen molar-refractivity contribution in [1.82, 2.24) is 9.21 Å². The van der Waals surface area contributed by atoms with Crippen molar-refractivity contribution >= 4 is 15.9 Å². The van der Waals surface area contributed by atoms with Crippen molar-refractivity contribution in [3.8, 4) is 0 Å². The lowest BCUT2D eigenvalue weighted by atomic mass is 9.96. The molecule has 5 nitrogen and oxygen atoms in total. The molecular weight excluding hydrogens is 312 g/mol. The fourth-order valence-corrected chi connectivity index (χ4v) is 5.67. The van der Waals surface area contributed by atoms with Crippen molar-refractivity contribution < 1.29 is 13.2 Å². The molecule has 0 N–H and O–H groups in total. The van der Waals surface area contributed by atoms with Gasteiger partial charge in [-0.05, 0) is 43.7 Å². The van der Waals surface area contributed by atoms with Gasteiger partial charge in [-0.25, -0.2) is 8.42 Å². The lowest BCUT2D eigenvalue weighted by molar-refractivity contribution is -0.137. The molecule has 3 aliphatic rings. The van der Waals surface area contributed by atoms with E-state index in [0.29, 0.717) is 30.2 Å². The second-order valence-corrected chi connectivity index (χ2v) is 8.77. The Kier molecular flexibility index (Phi) is 3.69. The highest BCUT2D eigenvalue weighted by molar-refractivity contribution is 7.89. The van der Waals surface area contributed by atoms with E-state index in [2.05, 4.69) is 0 Å². The molecule has 2 aliphatic heterocycles. The third kappa shape index (κ3) is 2.68. The van der Waals surface area contributed by atoms with Gasteiger partial charge in [-0.3, -0.25) is 4.79 Å². The Labute approximate surface area is 137 Å². The van der Waals surface area contributed by atoms with Crippen molar-refractivity contribution in [2.45, 2.75) is 49.1 Å². The second kappa shape index (κ2) is 5.60. The number of piperidine rings is 1. The summed E-state index contributed by atoms with van der Waals surface area (Å²) in [4.78, 5) is 14.6. The van der Waals surface area contributed by atoms with Gasteiger partial charge in [0.05, 0.1) is 4.90 Å². The van der Waals surface area contributed by atoms with E-state index < -0.39 is 10.0 Å². The average molecular weight is 334 g/mol. The topological polar surface area (TPSA) is 57.7 Å². The molecule has 6 heteroatoms. The molecule has 1 saturated carbocycles. The van der Waals surface area contributed by atoms with Crippen LogP contribution in [0.25, 0.3) is 0 Å². The molecule has 0 spiro atoms. The van der Waals surface area contributed by atoms with E-state index >= 15 is 0 Å². The third-order valence-electron chi connectivity index (χ3n) is 5.34. The van der Waals surface area contributed by atoms with Crippen molar-refractivity contribution in [2.75, 3.05) is 13.1 Å². The molecule has 1 aromatic carbocycles. The van der Waals surface area contributed by atoms with Gasteiger partial charge in [-0.15, -0.1) is 0 Å². The molecule has 23 heavy (non-hydrogen) atoms. The van der Waals surface area contributed by atoms with E-state index in [-0.39, 0.29) is 18.0 Å². The zero-order valence-corrected chi connectivity index (χ0v) is 13.9.